The smallest absolute Gasteiger partial charge is 0.169 e. The predicted octanol–water partition coefficient (Wildman–Crippen LogP) is 4.34. The molecule has 0 aliphatic rings. The highest BCUT2D eigenvalue weighted by Gasteiger charge is 2.14. The summed E-state index contributed by atoms with van der Waals surface area (Å²) in [6.07, 6.45) is 3.11. The number of hydrogen-bond acceptors (Lipinski definition) is 3. The second kappa shape index (κ2) is 7.32. The summed E-state index contributed by atoms with van der Waals surface area (Å²) in [4.78, 5) is 4.55. The summed E-state index contributed by atoms with van der Waals surface area (Å²) in [5, 5.41) is 0. The Morgan fingerprint density at radius 1 is 1.30 bits per heavy atom. The standard InChI is InChI=1S/C17H27NO2/c1-7-17(4,5)12-18-11-14-9-8-10-15(16(14)19-6)20-13(2)3/h8-11,13H,7,12H2,1-6H3/b18-11+. The highest BCUT2D eigenvalue weighted by Crippen LogP contribution is 2.31. The minimum atomic E-state index is 0.120. The Morgan fingerprint density at radius 3 is 2.55 bits per heavy atom. The van der Waals surface area contributed by atoms with Crippen LogP contribution in [0.4, 0.5) is 0 Å². The van der Waals surface area contributed by atoms with E-state index in [2.05, 4.69) is 25.8 Å². The maximum absolute atomic E-state index is 5.76. The van der Waals surface area contributed by atoms with Crippen LogP contribution in [0, 0.1) is 5.41 Å². The Morgan fingerprint density at radius 2 is 2.00 bits per heavy atom. The highest BCUT2D eigenvalue weighted by atomic mass is 16.5. The van der Waals surface area contributed by atoms with Crippen molar-refractivity contribution < 1.29 is 9.47 Å². The lowest BCUT2D eigenvalue weighted by atomic mass is 9.91. The maximum atomic E-state index is 5.76. The van der Waals surface area contributed by atoms with Gasteiger partial charge in [0.2, 0.25) is 0 Å². The van der Waals surface area contributed by atoms with E-state index in [0.29, 0.717) is 0 Å². The van der Waals surface area contributed by atoms with E-state index in [1.807, 2.05) is 38.3 Å². The van der Waals surface area contributed by atoms with E-state index >= 15 is 0 Å². The van der Waals surface area contributed by atoms with Crippen molar-refractivity contribution in [1.82, 2.24) is 0 Å². The van der Waals surface area contributed by atoms with Crippen LogP contribution in [0.15, 0.2) is 23.2 Å². The second-order valence-corrected chi connectivity index (χ2v) is 6.03. The van der Waals surface area contributed by atoms with Crippen molar-refractivity contribution in [2.24, 2.45) is 10.4 Å². The van der Waals surface area contributed by atoms with Crippen molar-refractivity contribution in [2.45, 2.75) is 47.1 Å². The molecule has 1 aromatic carbocycles. The largest absolute Gasteiger partial charge is 0.492 e. The van der Waals surface area contributed by atoms with Gasteiger partial charge in [0.05, 0.1) is 13.2 Å². The summed E-state index contributed by atoms with van der Waals surface area (Å²) in [5.41, 5.74) is 1.19. The van der Waals surface area contributed by atoms with Crippen molar-refractivity contribution in [3.05, 3.63) is 23.8 Å². The number of rotatable bonds is 7. The molecule has 0 saturated heterocycles. The van der Waals surface area contributed by atoms with Gasteiger partial charge in [0.1, 0.15) is 0 Å². The Kier molecular flexibility index (Phi) is 6.05. The second-order valence-electron chi connectivity index (χ2n) is 6.03. The first-order valence-electron chi connectivity index (χ1n) is 7.23. The van der Waals surface area contributed by atoms with E-state index in [1.165, 1.54) is 0 Å². The number of hydrogen-bond donors (Lipinski definition) is 0. The normalized spacial score (nSPS) is 12.2. The molecular formula is C17H27NO2. The third-order valence-electron chi connectivity index (χ3n) is 3.28. The van der Waals surface area contributed by atoms with Gasteiger partial charge in [-0.25, -0.2) is 0 Å². The van der Waals surface area contributed by atoms with E-state index in [9.17, 15) is 0 Å². The van der Waals surface area contributed by atoms with Gasteiger partial charge in [0.25, 0.3) is 0 Å². The van der Waals surface area contributed by atoms with Crippen LogP contribution in [0.2, 0.25) is 0 Å². The van der Waals surface area contributed by atoms with E-state index in [0.717, 1.165) is 30.0 Å². The molecule has 0 aliphatic heterocycles. The van der Waals surface area contributed by atoms with Crippen molar-refractivity contribution in [3.63, 3.8) is 0 Å². The predicted molar refractivity (Wildman–Crippen MR) is 85.3 cm³/mol. The van der Waals surface area contributed by atoms with Gasteiger partial charge in [-0.2, -0.15) is 0 Å². The zero-order valence-corrected chi connectivity index (χ0v) is 13.6. The van der Waals surface area contributed by atoms with E-state index in [4.69, 9.17) is 9.47 Å². The first-order chi connectivity index (χ1) is 9.39. The van der Waals surface area contributed by atoms with Gasteiger partial charge in [-0.1, -0.05) is 26.8 Å². The molecule has 0 atom stereocenters. The van der Waals surface area contributed by atoms with Crippen LogP contribution in [0.5, 0.6) is 11.5 Å². The lowest BCUT2D eigenvalue weighted by molar-refractivity contribution is 0.230. The van der Waals surface area contributed by atoms with Gasteiger partial charge >= 0.3 is 0 Å². The molecular weight excluding hydrogens is 250 g/mol. The van der Waals surface area contributed by atoms with Crippen LogP contribution in [0.3, 0.4) is 0 Å². The number of aliphatic imine (C=N–C) groups is 1. The number of ether oxygens (including phenoxy) is 2. The van der Waals surface area contributed by atoms with Crippen LogP contribution >= 0.6 is 0 Å². The first kappa shape index (κ1) is 16.5. The minimum absolute atomic E-state index is 0.120. The molecule has 0 aromatic heterocycles. The van der Waals surface area contributed by atoms with Crippen LogP contribution in [0.1, 0.15) is 46.6 Å². The van der Waals surface area contributed by atoms with Gasteiger partial charge in [-0.3, -0.25) is 4.99 Å². The number of para-hydroxylation sites is 1. The molecule has 112 valence electrons. The van der Waals surface area contributed by atoms with Crippen LogP contribution in [-0.4, -0.2) is 26.0 Å². The molecule has 0 radical (unpaired) electrons. The van der Waals surface area contributed by atoms with Crippen LogP contribution in [0.25, 0.3) is 0 Å². The van der Waals surface area contributed by atoms with Gasteiger partial charge < -0.3 is 9.47 Å². The van der Waals surface area contributed by atoms with Crippen molar-refractivity contribution in [1.29, 1.82) is 0 Å². The Balaban J connectivity index is 2.92. The average Bonchev–Trinajstić information content (AvgIpc) is 2.38. The zero-order valence-electron chi connectivity index (χ0n) is 13.6. The maximum Gasteiger partial charge on any atom is 0.169 e. The average molecular weight is 277 g/mol. The van der Waals surface area contributed by atoms with Gasteiger partial charge in [-0.15, -0.1) is 0 Å². The fourth-order valence-electron chi connectivity index (χ4n) is 1.70. The van der Waals surface area contributed by atoms with E-state index in [1.54, 1.807) is 7.11 Å². The molecule has 0 spiro atoms. The summed E-state index contributed by atoms with van der Waals surface area (Å²) < 4.78 is 11.2. The molecule has 1 rings (SSSR count). The van der Waals surface area contributed by atoms with Crippen molar-refractivity contribution in [2.75, 3.05) is 13.7 Å². The van der Waals surface area contributed by atoms with Gasteiger partial charge in [0, 0.05) is 18.3 Å². The van der Waals surface area contributed by atoms with Crippen molar-refractivity contribution >= 4 is 6.21 Å². The third-order valence-corrected chi connectivity index (χ3v) is 3.28. The number of nitrogens with zero attached hydrogens (tertiary/aromatic N) is 1. The Bertz CT molecular complexity index is 450. The SMILES string of the molecule is CCC(C)(C)C/N=C/c1cccc(OC(C)C)c1OC. The van der Waals surface area contributed by atoms with Crippen molar-refractivity contribution in [3.8, 4) is 11.5 Å². The fraction of sp³-hybridized carbons (Fsp3) is 0.588. The fourth-order valence-corrected chi connectivity index (χ4v) is 1.70. The van der Waals surface area contributed by atoms with Crippen LogP contribution in [-0.2, 0) is 0 Å². The topological polar surface area (TPSA) is 30.8 Å². The molecule has 0 fully saturated rings. The zero-order chi connectivity index (χ0) is 15.2. The van der Waals surface area contributed by atoms with Gasteiger partial charge in [-0.05, 0) is 37.8 Å². The Labute approximate surface area is 123 Å². The lowest BCUT2D eigenvalue weighted by Crippen LogP contribution is -2.13. The summed E-state index contributed by atoms with van der Waals surface area (Å²) in [6, 6.07) is 5.88. The van der Waals surface area contributed by atoms with Crippen LogP contribution < -0.4 is 9.47 Å². The lowest BCUT2D eigenvalue weighted by Gasteiger charge is -2.19. The molecule has 0 N–H and O–H groups in total. The highest BCUT2D eigenvalue weighted by molar-refractivity contribution is 5.85. The van der Waals surface area contributed by atoms with E-state index < -0.39 is 0 Å². The molecule has 0 aliphatic carbocycles. The quantitative estimate of drug-likeness (QED) is 0.694. The number of methoxy groups -OCH3 is 1. The van der Waals surface area contributed by atoms with E-state index in [-0.39, 0.29) is 11.5 Å². The molecule has 0 amide bonds. The molecule has 0 unspecified atom stereocenters. The molecule has 3 nitrogen and oxygen atoms in total. The first-order valence-corrected chi connectivity index (χ1v) is 7.23. The third kappa shape index (κ3) is 4.87. The summed E-state index contributed by atoms with van der Waals surface area (Å²) in [7, 11) is 1.66. The molecule has 0 heterocycles. The molecule has 3 heteroatoms. The summed E-state index contributed by atoms with van der Waals surface area (Å²) in [5.74, 6) is 1.51. The summed E-state index contributed by atoms with van der Waals surface area (Å²) >= 11 is 0. The molecule has 0 bridgehead atoms. The molecule has 1 aromatic rings. The molecule has 0 saturated carbocycles. The number of benzene rings is 1. The molecule has 20 heavy (non-hydrogen) atoms. The minimum Gasteiger partial charge on any atom is -0.492 e. The Hall–Kier alpha value is -1.51. The summed E-state index contributed by atoms with van der Waals surface area (Å²) in [6.45, 7) is 11.4. The van der Waals surface area contributed by atoms with Gasteiger partial charge in [0.15, 0.2) is 11.5 Å². The monoisotopic (exact) mass is 277 g/mol.